The minimum atomic E-state index is 0.129. The van der Waals surface area contributed by atoms with E-state index in [0.29, 0.717) is 20.2 Å². The predicted octanol–water partition coefficient (Wildman–Crippen LogP) is 5.14. The molecule has 0 aliphatic carbocycles. The zero-order valence-electron chi connectivity index (χ0n) is 9.44. The number of hydrogen-bond acceptors (Lipinski definition) is 3. The van der Waals surface area contributed by atoms with Gasteiger partial charge in [-0.2, -0.15) is 0 Å². The second-order valence-electron chi connectivity index (χ2n) is 3.72. The first-order valence-corrected chi connectivity index (χ1v) is 7.56. The lowest BCUT2D eigenvalue weighted by Crippen LogP contribution is -1.82. The first kappa shape index (κ1) is 14.6. The van der Waals surface area contributed by atoms with E-state index < -0.39 is 0 Å². The van der Waals surface area contributed by atoms with Gasteiger partial charge in [0.1, 0.15) is 11.5 Å². The van der Waals surface area contributed by atoms with Crippen LogP contribution in [0.5, 0.6) is 11.5 Å². The number of aliphatic imine (C=N–C) groups is 1. The van der Waals surface area contributed by atoms with Gasteiger partial charge in [0.25, 0.3) is 0 Å². The first-order chi connectivity index (χ1) is 8.97. The fourth-order valence-electron chi connectivity index (χ4n) is 1.40. The lowest BCUT2D eigenvalue weighted by Gasteiger charge is -2.02. The average Bonchev–Trinajstić information content (AvgIpc) is 2.37. The molecule has 0 saturated carbocycles. The number of phenolic OH excluding ortho intramolecular Hbond substituents is 2. The molecule has 2 aromatic rings. The Morgan fingerprint density at radius 1 is 0.947 bits per heavy atom. The molecule has 0 aliphatic rings. The Morgan fingerprint density at radius 2 is 1.58 bits per heavy atom. The van der Waals surface area contributed by atoms with Crippen molar-refractivity contribution in [3.8, 4) is 11.5 Å². The van der Waals surface area contributed by atoms with Crippen LogP contribution in [-0.4, -0.2) is 16.4 Å². The van der Waals surface area contributed by atoms with Crippen LogP contribution >= 0.6 is 47.8 Å². The van der Waals surface area contributed by atoms with Crippen molar-refractivity contribution in [3.63, 3.8) is 0 Å². The van der Waals surface area contributed by atoms with Crippen LogP contribution < -0.4 is 0 Å². The molecule has 98 valence electrons. The maximum atomic E-state index is 9.70. The summed E-state index contributed by atoms with van der Waals surface area (Å²) < 4.78 is 1.96. The highest BCUT2D eigenvalue weighted by atomic mass is 79.9. The van der Waals surface area contributed by atoms with Crippen molar-refractivity contribution >= 4 is 59.7 Å². The summed E-state index contributed by atoms with van der Waals surface area (Å²) in [7, 11) is 0. The highest BCUT2D eigenvalue weighted by molar-refractivity contribution is 9.11. The molecular weight excluding hydrogens is 442 g/mol. The molecule has 0 spiro atoms. The summed E-state index contributed by atoms with van der Waals surface area (Å²) in [6, 6.07) is 8.48. The van der Waals surface area contributed by atoms with Crippen LogP contribution in [0, 0.1) is 0 Å². The topological polar surface area (TPSA) is 52.8 Å². The van der Waals surface area contributed by atoms with Gasteiger partial charge in [-0.3, -0.25) is 4.99 Å². The summed E-state index contributed by atoms with van der Waals surface area (Å²) in [5, 5.41) is 19.3. The molecule has 0 saturated heterocycles. The molecule has 6 heteroatoms. The highest BCUT2D eigenvalue weighted by Crippen LogP contribution is 2.36. The number of phenols is 2. The Morgan fingerprint density at radius 3 is 2.21 bits per heavy atom. The molecule has 0 unspecified atom stereocenters. The summed E-state index contributed by atoms with van der Waals surface area (Å²) in [4.78, 5) is 4.26. The number of benzene rings is 2. The summed E-state index contributed by atoms with van der Waals surface area (Å²) in [6.07, 6.45) is 1.56. The largest absolute Gasteiger partial charge is 0.507 e. The smallest absolute Gasteiger partial charge is 0.144 e. The molecule has 2 N–H and O–H groups in total. The van der Waals surface area contributed by atoms with Crippen molar-refractivity contribution in [2.75, 3.05) is 0 Å². The third kappa shape index (κ3) is 3.58. The normalized spacial score (nSPS) is 11.1. The average molecular weight is 450 g/mol. The van der Waals surface area contributed by atoms with Gasteiger partial charge in [-0.25, -0.2) is 0 Å². The molecule has 0 amide bonds. The Labute approximate surface area is 135 Å². The second-order valence-corrected chi connectivity index (χ2v) is 6.34. The van der Waals surface area contributed by atoms with Gasteiger partial charge < -0.3 is 10.2 Å². The van der Waals surface area contributed by atoms with Crippen LogP contribution in [0.4, 0.5) is 5.69 Å². The van der Waals surface area contributed by atoms with Crippen molar-refractivity contribution in [2.24, 2.45) is 4.99 Å². The standard InChI is InChI=1S/C13H8Br3NO2/c14-8-1-2-12(18)7(3-8)6-17-9-4-10(15)13(19)11(16)5-9/h1-6,18-19H. The van der Waals surface area contributed by atoms with E-state index in [4.69, 9.17) is 0 Å². The van der Waals surface area contributed by atoms with Crippen LogP contribution in [0.25, 0.3) is 0 Å². The van der Waals surface area contributed by atoms with E-state index in [0.717, 1.165) is 4.47 Å². The van der Waals surface area contributed by atoms with E-state index in [9.17, 15) is 10.2 Å². The zero-order valence-corrected chi connectivity index (χ0v) is 14.2. The molecule has 0 fully saturated rings. The van der Waals surface area contributed by atoms with E-state index in [-0.39, 0.29) is 11.5 Å². The van der Waals surface area contributed by atoms with Crippen molar-refractivity contribution in [2.45, 2.75) is 0 Å². The molecule has 3 nitrogen and oxygen atoms in total. The summed E-state index contributed by atoms with van der Waals surface area (Å²) in [6.45, 7) is 0. The van der Waals surface area contributed by atoms with Gasteiger partial charge in [-0.05, 0) is 62.2 Å². The summed E-state index contributed by atoms with van der Waals surface area (Å²) in [5.41, 5.74) is 1.26. The van der Waals surface area contributed by atoms with Gasteiger partial charge in [0.2, 0.25) is 0 Å². The maximum Gasteiger partial charge on any atom is 0.144 e. The van der Waals surface area contributed by atoms with E-state index in [1.165, 1.54) is 0 Å². The first-order valence-electron chi connectivity index (χ1n) is 5.18. The number of nitrogens with zero attached hydrogens (tertiary/aromatic N) is 1. The minimum absolute atomic E-state index is 0.129. The molecule has 0 heterocycles. The quantitative estimate of drug-likeness (QED) is 0.624. The van der Waals surface area contributed by atoms with Crippen molar-refractivity contribution < 1.29 is 10.2 Å². The second kappa shape index (κ2) is 6.07. The lowest BCUT2D eigenvalue weighted by atomic mass is 10.2. The van der Waals surface area contributed by atoms with Crippen molar-refractivity contribution in [3.05, 3.63) is 49.3 Å². The van der Waals surface area contributed by atoms with Crippen LogP contribution in [0.1, 0.15) is 5.56 Å². The van der Waals surface area contributed by atoms with E-state index >= 15 is 0 Å². The molecule has 2 aromatic carbocycles. The third-order valence-electron chi connectivity index (χ3n) is 2.34. The number of halogens is 3. The fraction of sp³-hybridized carbons (Fsp3) is 0. The van der Waals surface area contributed by atoms with Gasteiger partial charge in [0.15, 0.2) is 0 Å². The van der Waals surface area contributed by atoms with Gasteiger partial charge >= 0.3 is 0 Å². The molecule has 0 atom stereocenters. The molecule has 19 heavy (non-hydrogen) atoms. The number of aromatic hydroxyl groups is 2. The van der Waals surface area contributed by atoms with Gasteiger partial charge in [0, 0.05) is 16.3 Å². The Balaban J connectivity index is 2.35. The van der Waals surface area contributed by atoms with E-state index in [1.54, 1.807) is 36.5 Å². The summed E-state index contributed by atoms with van der Waals surface area (Å²) in [5.74, 6) is 0.285. The Hall–Kier alpha value is -0.850. The van der Waals surface area contributed by atoms with Crippen LogP contribution in [0.3, 0.4) is 0 Å². The van der Waals surface area contributed by atoms with E-state index in [1.807, 2.05) is 0 Å². The molecule has 0 radical (unpaired) electrons. The van der Waals surface area contributed by atoms with Crippen molar-refractivity contribution in [1.82, 2.24) is 0 Å². The van der Waals surface area contributed by atoms with Gasteiger partial charge in [-0.15, -0.1) is 0 Å². The predicted molar refractivity (Wildman–Crippen MR) is 86.6 cm³/mol. The van der Waals surface area contributed by atoms with Crippen LogP contribution in [0.2, 0.25) is 0 Å². The Kier molecular flexibility index (Phi) is 4.65. The minimum Gasteiger partial charge on any atom is -0.507 e. The van der Waals surface area contributed by atoms with Crippen LogP contribution in [-0.2, 0) is 0 Å². The molecule has 0 bridgehead atoms. The van der Waals surface area contributed by atoms with Gasteiger partial charge in [0.05, 0.1) is 14.6 Å². The zero-order chi connectivity index (χ0) is 14.0. The fourth-order valence-corrected chi connectivity index (χ4v) is 2.94. The third-order valence-corrected chi connectivity index (χ3v) is 4.05. The van der Waals surface area contributed by atoms with Gasteiger partial charge in [-0.1, -0.05) is 15.9 Å². The monoisotopic (exact) mass is 447 g/mol. The highest BCUT2D eigenvalue weighted by Gasteiger charge is 2.05. The lowest BCUT2D eigenvalue weighted by molar-refractivity contribution is 0.468. The SMILES string of the molecule is Oc1ccc(Br)cc1C=Nc1cc(Br)c(O)c(Br)c1. The van der Waals surface area contributed by atoms with E-state index in [2.05, 4.69) is 52.8 Å². The number of rotatable bonds is 2. The molecule has 0 aliphatic heterocycles. The number of hydrogen-bond donors (Lipinski definition) is 2. The molecular formula is C13H8Br3NO2. The molecule has 0 aromatic heterocycles. The maximum absolute atomic E-state index is 9.70. The molecule has 2 rings (SSSR count). The van der Waals surface area contributed by atoms with Crippen molar-refractivity contribution in [1.29, 1.82) is 0 Å². The summed E-state index contributed by atoms with van der Waals surface area (Å²) >= 11 is 9.81. The van der Waals surface area contributed by atoms with Crippen LogP contribution in [0.15, 0.2) is 48.7 Å². The Bertz CT molecular complexity index is 633.